The third-order valence-corrected chi connectivity index (χ3v) is 6.61. The number of benzene rings is 1. The summed E-state index contributed by atoms with van der Waals surface area (Å²) >= 11 is 12.3. The van der Waals surface area contributed by atoms with Crippen molar-refractivity contribution >= 4 is 35.0 Å². The fourth-order valence-corrected chi connectivity index (χ4v) is 4.77. The minimum atomic E-state index is -0.815. The number of rotatable bonds is 7. The standard InChI is InChI=1S/C23H24Cl2FN5O3/c1-13(21-17(24)2-3-18(26)22(21)25)34-19-8-14(9-28-23(19)27)15-10-29-31(11-15)16-4-6-30(7-5-16)12-20(32)33/h2-3,8-11,13,16H,4-7,12H2,1H3,(H2,27,28)(H,32,33)/t13-/m1/s1. The Balaban J connectivity index is 1.50. The lowest BCUT2D eigenvalue weighted by atomic mass is 10.1. The number of carbonyl (C=O) groups is 1. The van der Waals surface area contributed by atoms with Crippen LogP contribution in [0.1, 0.15) is 37.5 Å². The highest BCUT2D eigenvalue weighted by Gasteiger charge is 2.23. The van der Waals surface area contributed by atoms with Crippen molar-refractivity contribution < 1.29 is 19.0 Å². The molecule has 3 N–H and O–H groups in total. The Labute approximate surface area is 206 Å². The van der Waals surface area contributed by atoms with Gasteiger partial charge in [0.25, 0.3) is 0 Å². The number of ether oxygens (including phenoxy) is 1. The van der Waals surface area contributed by atoms with E-state index in [1.165, 1.54) is 12.1 Å². The maximum atomic E-state index is 13.9. The third kappa shape index (κ3) is 5.27. The van der Waals surface area contributed by atoms with Crippen LogP contribution in [0.15, 0.2) is 36.8 Å². The number of hydrogen-bond acceptors (Lipinski definition) is 6. The Hall–Kier alpha value is -2.88. The summed E-state index contributed by atoms with van der Waals surface area (Å²) in [6, 6.07) is 4.56. The van der Waals surface area contributed by atoms with Crippen LogP contribution in [0.2, 0.25) is 10.0 Å². The maximum absolute atomic E-state index is 13.9. The fourth-order valence-electron chi connectivity index (χ4n) is 4.09. The van der Waals surface area contributed by atoms with E-state index in [1.807, 2.05) is 15.8 Å². The van der Waals surface area contributed by atoms with Gasteiger partial charge >= 0.3 is 5.97 Å². The molecule has 1 aromatic carbocycles. The van der Waals surface area contributed by atoms with Gasteiger partial charge < -0.3 is 15.6 Å². The molecule has 3 heterocycles. The summed E-state index contributed by atoms with van der Waals surface area (Å²) in [5.41, 5.74) is 7.94. The number of aliphatic carboxylic acids is 1. The monoisotopic (exact) mass is 507 g/mol. The van der Waals surface area contributed by atoms with E-state index in [0.717, 1.165) is 24.0 Å². The van der Waals surface area contributed by atoms with Crippen LogP contribution in [0.5, 0.6) is 5.75 Å². The van der Waals surface area contributed by atoms with Crippen LogP contribution in [0, 0.1) is 5.82 Å². The molecule has 11 heteroatoms. The number of hydrogen-bond donors (Lipinski definition) is 2. The molecule has 3 aromatic rings. The molecule has 8 nitrogen and oxygen atoms in total. The van der Waals surface area contributed by atoms with E-state index in [-0.39, 0.29) is 28.4 Å². The molecule has 0 bridgehead atoms. The Bertz CT molecular complexity index is 1200. The van der Waals surface area contributed by atoms with E-state index in [2.05, 4.69) is 10.1 Å². The average Bonchev–Trinajstić information content (AvgIpc) is 3.28. The summed E-state index contributed by atoms with van der Waals surface area (Å²) in [7, 11) is 0. The highest BCUT2D eigenvalue weighted by atomic mass is 35.5. The van der Waals surface area contributed by atoms with Crippen LogP contribution in [0.25, 0.3) is 11.1 Å². The fraction of sp³-hybridized carbons (Fsp3) is 0.348. The van der Waals surface area contributed by atoms with Gasteiger partial charge in [0.15, 0.2) is 11.6 Å². The van der Waals surface area contributed by atoms with Gasteiger partial charge in [0.2, 0.25) is 0 Å². The van der Waals surface area contributed by atoms with E-state index in [0.29, 0.717) is 24.4 Å². The van der Waals surface area contributed by atoms with Gasteiger partial charge in [0.05, 0.1) is 23.8 Å². The van der Waals surface area contributed by atoms with Gasteiger partial charge in [-0.3, -0.25) is 14.4 Å². The SMILES string of the molecule is C[C@@H](Oc1cc(-c2cnn(C3CCN(CC(=O)O)CC3)c2)cnc1N)c1c(Cl)ccc(F)c1Cl. The summed E-state index contributed by atoms with van der Waals surface area (Å²) in [6.07, 6.45) is 6.26. The molecule has 1 aliphatic rings. The lowest BCUT2D eigenvalue weighted by Gasteiger charge is -2.30. The number of nitrogen functional groups attached to an aromatic ring is 1. The molecule has 4 rings (SSSR count). The van der Waals surface area contributed by atoms with E-state index >= 15 is 0 Å². The minimum Gasteiger partial charge on any atom is -0.482 e. The van der Waals surface area contributed by atoms with E-state index < -0.39 is 17.9 Å². The predicted molar refractivity (Wildman–Crippen MR) is 128 cm³/mol. The molecule has 1 saturated heterocycles. The molecule has 2 aromatic heterocycles. The Kier molecular flexibility index (Phi) is 7.25. The molecule has 0 saturated carbocycles. The first-order valence-electron chi connectivity index (χ1n) is 10.8. The molecule has 1 aliphatic heterocycles. The van der Waals surface area contributed by atoms with Gasteiger partial charge in [0, 0.05) is 47.2 Å². The molecule has 0 spiro atoms. The van der Waals surface area contributed by atoms with Crippen LogP contribution < -0.4 is 10.5 Å². The third-order valence-electron chi connectivity index (χ3n) is 5.90. The van der Waals surface area contributed by atoms with Crippen molar-refractivity contribution in [2.75, 3.05) is 25.4 Å². The van der Waals surface area contributed by atoms with Gasteiger partial charge in [-0.25, -0.2) is 9.37 Å². The summed E-state index contributed by atoms with van der Waals surface area (Å²) in [4.78, 5) is 17.1. The molecular formula is C23H24Cl2FN5O3. The number of nitrogens with zero attached hydrogens (tertiary/aromatic N) is 4. The van der Waals surface area contributed by atoms with Crippen LogP contribution in [0.4, 0.5) is 10.2 Å². The topological polar surface area (TPSA) is 106 Å². The summed E-state index contributed by atoms with van der Waals surface area (Å²) in [5, 5.41) is 13.7. The molecule has 0 radical (unpaired) electrons. The zero-order valence-corrected chi connectivity index (χ0v) is 19.9. The lowest BCUT2D eigenvalue weighted by Crippen LogP contribution is -2.38. The lowest BCUT2D eigenvalue weighted by molar-refractivity contribution is -0.138. The second-order valence-electron chi connectivity index (χ2n) is 8.23. The minimum absolute atomic E-state index is 0.0570. The van der Waals surface area contributed by atoms with Gasteiger partial charge in [-0.15, -0.1) is 0 Å². The van der Waals surface area contributed by atoms with Crippen molar-refractivity contribution in [2.24, 2.45) is 0 Å². The second kappa shape index (κ2) is 10.2. The molecular weight excluding hydrogens is 484 g/mol. The van der Waals surface area contributed by atoms with Gasteiger partial charge in [-0.05, 0) is 38.0 Å². The number of piperidine rings is 1. The van der Waals surface area contributed by atoms with Crippen LogP contribution in [-0.4, -0.2) is 50.4 Å². The summed E-state index contributed by atoms with van der Waals surface area (Å²) in [5.74, 6) is -0.906. The number of anilines is 1. The molecule has 34 heavy (non-hydrogen) atoms. The quantitative estimate of drug-likeness (QED) is 0.440. The highest BCUT2D eigenvalue weighted by Crippen LogP contribution is 2.37. The van der Waals surface area contributed by atoms with Crippen LogP contribution in [0.3, 0.4) is 0 Å². The van der Waals surface area contributed by atoms with Crippen molar-refractivity contribution in [3.05, 3.63) is 58.2 Å². The molecule has 0 aliphatic carbocycles. The number of likely N-dealkylation sites (tertiary alicyclic amines) is 1. The summed E-state index contributed by atoms with van der Waals surface area (Å²) in [6.45, 7) is 3.17. The smallest absolute Gasteiger partial charge is 0.317 e. The first-order chi connectivity index (χ1) is 16.2. The number of pyridine rings is 1. The first-order valence-corrected chi connectivity index (χ1v) is 11.5. The van der Waals surface area contributed by atoms with Crippen molar-refractivity contribution in [2.45, 2.75) is 31.9 Å². The highest BCUT2D eigenvalue weighted by molar-refractivity contribution is 6.36. The van der Waals surface area contributed by atoms with Crippen molar-refractivity contribution in [3.63, 3.8) is 0 Å². The maximum Gasteiger partial charge on any atom is 0.317 e. The Morgan fingerprint density at radius 3 is 2.74 bits per heavy atom. The Morgan fingerprint density at radius 2 is 2.03 bits per heavy atom. The van der Waals surface area contributed by atoms with Gasteiger partial charge in [-0.1, -0.05) is 23.2 Å². The van der Waals surface area contributed by atoms with E-state index in [9.17, 15) is 9.18 Å². The van der Waals surface area contributed by atoms with Crippen molar-refractivity contribution in [1.82, 2.24) is 19.7 Å². The van der Waals surface area contributed by atoms with Crippen LogP contribution >= 0.6 is 23.2 Å². The van der Waals surface area contributed by atoms with Gasteiger partial charge in [-0.2, -0.15) is 5.10 Å². The van der Waals surface area contributed by atoms with Crippen LogP contribution in [-0.2, 0) is 4.79 Å². The summed E-state index contributed by atoms with van der Waals surface area (Å²) < 4.78 is 21.8. The zero-order chi connectivity index (χ0) is 24.4. The number of nitrogens with two attached hydrogens (primary N) is 1. The molecule has 180 valence electrons. The molecule has 1 atom stereocenters. The number of carboxylic acid groups (broad SMARTS) is 1. The zero-order valence-electron chi connectivity index (χ0n) is 18.4. The first kappa shape index (κ1) is 24.3. The molecule has 1 fully saturated rings. The number of halogens is 3. The number of aromatic nitrogens is 3. The predicted octanol–water partition coefficient (Wildman–Crippen LogP) is 4.83. The van der Waals surface area contributed by atoms with Gasteiger partial charge in [0.1, 0.15) is 11.9 Å². The number of carboxylic acids is 1. The largest absolute Gasteiger partial charge is 0.482 e. The van der Waals surface area contributed by atoms with E-state index in [1.54, 1.807) is 25.4 Å². The van der Waals surface area contributed by atoms with E-state index in [4.69, 9.17) is 38.8 Å². The second-order valence-corrected chi connectivity index (χ2v) is 9.02. The average molecular weight is 508 g/mol. The molecule has 0 amide bonds. The normalized spacial score (nSPS) is 15.9. The molecule has 0 unspecified atom stereocenters. The van der Waals surface area contributed by atoms with Crippen molar-refractivity contribution in [1.29, 1.82) is 0 Å². The van der Waals surface area contributed by atoms with Crippen molar-refractivity contribution in [3.8, 4) is 16.9 Å². The Morgan fingerprint density at radius 1 is 1.29 bits per heavy atom.